The lowest BCUT2D eigenvalue weighted by Gasteiger charge is -2.28. The SMILES string of the molecule is Cc1nc(NCCNC(=O)Nc2ccc(C)c(C)c2)cc(N2CCOCC2)n1. The van der Waals surface area contributed by atoms with Gasteiger partial charge in [-0.2, -0.15) is 0 Å². The summed E-state index contributed by atoms with van der Waals surface area (Å²) in [7, 11) is 0. The van der Waals surface area contributed by atoms with E-state index in [-0.39, 0.29) is 6.03 Å². The quantitative estimate of drug-likeness (QED) is 0.663. The highest BCUT2D eigenvalue weighted by Gasteiger charge is 2.14. The van der Waals surface area contributed by atoms with E-state index in [4.69, 9.17) is 4.74 Å². The second kappa shape index (κ2) is 9.36. The van der Waals surface area contributed by atoms with Crippen molar-refractivity contribution in [3.05, 3.63) is 41.2 Å². The molecule has 1 aliphatic rings. The smallest absolute Gasteiger partial charge is 0.319 e. The lowest BCUT2D eigenvalue weighted by atomic mass is 10.1. The minimum Gasteiger partial charge on any atom is -0.378 e. The number of urea groups is 1. The summed E-state index contributed by atoms with van der Waals surface area (Å²) in [4.78, 5) is 23.2. The Morgan fingerprint density at radius 1 is 1.07 bits per heavy atom. The van der Waals surface area contributed by atoms with Crippen LogP contribution in [-0.4, -0.2) is 55.4 Å². The van der Waals surface area contributed by atoms with Crippen molar-refractivity contribution in [1.82, 2.24) is 15.3 Å². The summed E-state index contributed by atoms with van der Waals surface area (Å²) < 4.78 is 5.39. The van der Waals surface area contributed by atoms with E-state index in [0.29, 0.717) is 32.1 Å². The Hall–Kier alpha value is -2.87. The van der Waals surface area contributed by atoms with Gasteiger partial charge in [-0.1, -0.05) is 6.07 Å². The zero-order chi connectivity index (χ0) is 19.9. The first-order valence-corrected chi connectivity index (χ1v) is 9.55. The summed E-state index contributed by atoms with van der Waals surface area (Å²) in [5.74, 6) is 2.37. The first-order chi connectivity index (χ1) is 13.5. The lowest BCUT2D eigenvalue weighted by Crippen LogP contribution is -2.37. The van der Waals surface area contributed by atoms with Gasteiger partial charge in [-0.05, 0) is 44.0 Å². The van der Waals surface area contributed by atoms with Crippen molar-refractivity contribution in [3.8, 4) is 0 Å². The summed E-state index contributed by atoms with van der Waals surface area (Å²) in [6.45, 7) is 10.1. The average molecular weight is 384 g/mol. The van der Waals surface area contributed by atoms with Crippen LogP contribution in [0.1, 0.15) is 17.0 Å². The summed E-state index contributed by atoms with van der Waals surface area (Å²) in [6, 6.07) is 7.57. The van der Waals surface area contributed by atoms with Gasteiger partial charge in [0.2, 0.25) is 0 Å². The van der Waals surface area contributed by atoms with Crippen LogP contribution in [0.25, 0.3) is 0 Å². The number of amides is 2. The van der Waals surface area contributed by atoms with Crippen LogP contribution in [0.4, 0.5) is 22.1 Å². The molecule has 1 aliphatic heterocycles. The molecular weight excluding hydrogens is 356 g/mol. The predicted molar refractivity (Wildman–Crippen MR) is 111 cm³/mol. The molecule has 0 unspecified atom stereocenters. The van der Waals surface area contributed by atoms with Crippen LogP contribution in [-0.2, 0) is 4.74 Å². The maximum absolute atomic E-state index is 12.0. The van der Waals surface area contributed by atoms with Crippen molar-refractivity contribution in [2.24, 2.45) is 0 Å². The third-order valence-electron chi connectivity index (χ3n) is 4.64. The average Bonchev–Trinajstić information content (AvgIpc) is 2.68. The third kappa shape index (κ3) is 5.56. The molecule has 1 fully saturated rings. The monoisotopic (exact) mass is 384 g/mol. The molecule has 150 valence electrons. The van der Waals surface area contributed by atoms with Gasteiger partial charge in [0, 0.05) is 37.9 Å². The molecule has 3 N–H and O–H groups in total. The molecule has 2 heterocycles. The number of hydrogen-bond acceptors (Lipinski definition) is 6. The molecule has 2 aromatic rings. The summed E-state index contributed by atoms with van der Waals surface area (Å²) >= 11 is 0. The van der Waals surface area contributed by atoms with Gasteiger partial charge < -0.3 is 25.6 Å². The number of hydrogen-bond donors (Lipinski definition) is 3. The van der Waals surface area contributed by atoms with Crippen molar-refractivity contribution in [2.45, 2.75) is 20.8 Å². The zero-order valence-corrected chi connectivity index (χ0v) is 16.7. The van der Waals surface area contributed by atoms with E-state index in [1.54, 1.807) is 0 Å². The normalized spacial score (nSPS) is 13.9. The highest BCUT2D eigenvalue weighted by atomic mass is 16.5. The number of anilines is 3. The minimum atomic E-state index is -0.224. The van der Waals surface area contributed by atoms with Crippen LogP contribution in [0.15, 0.2) is 24.3 Å². The number of nitrogens with one attached hydrogen (secondary N) is 3. The molecule has 3 rings (SSSR count). The molecule has 8 heteroatoms. The largest absolute Gasteiger partial charge is 0.378 e. The molecule has 0 atom stereocenters. The number of carbonyl (C=O) groups excluding carboxylic acids is 1. The van der Waals surface area contributed by atoms with Gasteiger partial charge in [0.05, 0.1) is 13.2 Å². The fourth-order valence-electron chi connectivity index (χ4n) is 2.96. The fraction of sp³-hybridized carbons (Fsp3) is 0.450. The molecule has 1 saturated heterocycles. The second-order valence-corrected chi connectivity index (χ2v) is 6.86. The summed E-state index contributed by atoms with van der Waals surface area (Å²) in [5.41, 5.74) is 3.14. The Labute approximate surface area is 165 Å². The standard InChI is InChI=1S/C20H28N6O2/c1-14-4-5-17(12-15(14)2)25-20(27)22-7-6-21-18-13-19(24-16(3)23-18)26-8-10-28-11-9-26/h4-5,12-13H,6-11H2,1-3H3,(H,21,23,24)(H2,22,25,27). The van der Waals surface area contributed by atoms with E-state index in [0.717, 1.165) is 36.0 Å². The second-order valence-electron chi connectivity index (χ2n) is 6.86. The number of benzene rings is 1. The maximum Gasteiger partial charge on any atom is 0.319 e. The summed E-state index contributed by atoms with van der Waals surface area (Å²) in [5, 5.41) is 8.94. The Balaban J connectivity index is 1.46. The van der Waals surface area contributed by atoms with Gasteiger partial charge in [0.1, 0.15) is 17.5 Å². The molecule has 0 aliphatic carbocycles. The molecule has 8 nitrogen and oxygen atoms in total. The van der Waals surface area contributed by atoms with E-state index in [1.807, 2.05) is 45.0 Å². The number of ether oxygens (including phenoxy) is 1. The van der Waals surface area contributed by atoms with Crippen molar-refractivity contribution in [3.63, 3.8) is 0 Å². The minimum absolute atomic E-state index is 0.224. The fourth-order valence-corrected chi connectivity index (χ4v) is 2.96. The first kappa shape index (κ1) is 19.9. The van der Waals surface area contributed by atoms with Crippen LogP contribution in [0.3, 0.4) is 0 Å². The van der Waals surface area contributed by atoms with Gasteiger partial charge in [0.25, 0.3) is 0 Å². The Bertz CT molecular complexity index is 820. The zero-order valence-electron chi connectivity index (χ0n) is 16.7. The molecule has 0 saturated carbocycles. The molecular formula is C20H28N6O2. The van der Waals surface area contributed by atoms with E-state index < -0.39 is 0 Å². The molecule has 2 amide bonds. The van der Waals surface area contributed by atoms with Gasteiger partial charge in [-0.25, -0.2) is 14.8 Å². The highest BCUT2D eigenvalue weighted by molar-refractivity contribution is 5.89. The van der Waals surface area contributed by atoms with Crippen LogP contribution in [0, 0.1) is 20.8 Å². The number of nitrogens with zero attached hydrogens (tertiary/aromatic N) is 3. The van der Waals surface area contributed by atoms with Gasteiger partial charge in [-0.15, -0.1) is 0 Å². The summed E-state index contributed by atoms with van der Waals surface area (Å²) in [6.07, 6.45) is 0. The number of morpholine rings is 1. The molecule has 0 radical (unpaired) electrons. The van der Waals surface area contributed by atoms with Gasteiger partial charge in [-0.3, -0.25) is 0 Å². The molecule has 1 aromatic carbocycles. The van der Waals surface area contributed by atoms with Crippen LogP contribution < -0.4 is 20.9 Å². The van der Waals surface area contributed by atoms with E-state index in [2.05, 4.69) is 30.8 Å². The van der Waals surface area contributed by atoms with E-state index >= 15 is 0 Å². The van der Waals surface area contributed by atoms with E-state index in [9.17, 15) is 4.79 Å². The molecule has 0 bridgehead atoms. The molecule has 28 heavy (non-hydrogen) atoms. The van der Waals surface area contributed by atoms with E-state index in [1.165, 1.54) is 5.56 Å². The van der Waals surface area contributed by atoms with Gasteiger partial charge >= 0.3 is 6.03 Å². The Kier molecular flexibility index (Phi) is 6.65. The maximum atomic E-state index is 12.0. The van der Waals surface area contributed by atoms with Gasteiger partial charge in [0.15, 0.2) is 0 Å². The first-order valence-electron chi connectivity index (χ1n) is 9.55. The third-order valence-corrected chi connectivity index (χ3v) is 4.64. The van der Waals surface area contributed by atoms with Crippen LogP contribution >= 0.6 is 0 Å². The van der Waals surface area contributed by atoms with Crippen molar-refractivity contribution in [1.29, 1.82) is 0 Å². The number of aromatic nitrogens is 2. The Morgan fingerprint density at radius 3 is 2.61 bits per heavy atom. The number of carbonyl (C=O) groups is 1. The van der Waals surface area contributed by atoms with Crippen LogP contribution in [0.5, 0.6) is 0 Å². The van der Waals surface area contributed by atoms with Crippen molar-refractivity contribution in [2.75, 3.05) is 54.9 Å². The number of aryl methyl sites for hydroxylation is 3. The number of rotatable bonds is 6. The topological polar surface area (TPSA) is 91.4 Å². The van der Waals surface area contributed by atoms with Crippen molar-refractivity contribution >= 4 is 23.4 Å². The Morgan fingerprint density at radius 2 is 1.86 bits per heavy atom. The molecule has 0 spiro atoms. The predicted octanol–water partition coefficient (Wildman–Crippen LogP) is 2.47. The van der Waals surface area contributed by atoms with Crippen molar-refractivity contribution < 1.29 is 9.53 Å². The molecule has 1 aromatic heterocycles. The lowest BCUT2D eigenvalue weighted by molar-refractivity contribution is 0.122. The highest BCUT2D eigenvalue weighted by Crippen LogP contribution is 2.17. The van der Waals surface area contributed by atoms with Crippen LogP contribution in [0.2, 0.25) is 0 Å².